The fourth-order valence-corrected chi connectivity index (χ4v) is 2.41. The first-order valence-corrected chi connectivity index (χ1v) is 7.82. The first-order chi connectivity index (χ1) is 7.89. The SMILES string of the molecule is CC(C)N(C)CCCCNS(=O)(=O)CCCO. The van der Waals surface area contributed by atoms with Crippen LogP contribution in [-0.4, -0.2) is 57.0 Å². The smallest absolute Gasteiger partial charge is 0.211 e. The van der Waals surface area contributed by atoms with Gasteiger partial charge in [-0.2, -0.15) is 0 Å². The van der Waals surface area contributed by atoms with E-state index in [4.69, 9.17) is 5.11 Å². The Bertz CT molecular complexity index is 278. The second-order valence-electron chi connectivity index (χ2n) is 4.57. The Balaban J connectivity index is 3.57. The summed E-state index contributed by atoms with van der Waals surface area (Å²) in [5.74, 6) is 0.00932. The molecule has 0 saturated carbocycles. The van der Waals surface area contributed by atoms with E-state index in [0.29, 0.717) is 19.0 Å². The Kier molecular flexibility index (Phi) is 8.77. The van der Waals surface area contributed by atoms with Crippen LogP contribution in [0.25, 0.3) is 0 Å². The van der Waals surface area contributed by atoms with E-state index in [1.807, 2.05) is 0 Å². The van der Waals surface area contributed by atoms with Gasteiger partial charge in [0.15, 0.2) is 0 Å². The van der Waals surface area contributed by atoms with E-state index >= 15 is 0 Å². The predicted molar refractivity (Wildman–Crippen MR) is 70.5 cm³/mol. The number of nitrogens with one attached hydrogen (secondary N) is 1. The summed E-state index contributed by atoms with van der Waals surface area (Å²) in [5.41, 5.74) is 0. The molecule has 2 N–H and O–H groups in total. The third-order valence-corrected chi connectivity index (χ3v) is 4.18. The molecule has 0 bridgehead atoms. The summed E-state index contributed by atoms with van der Waals surface area (Å²) in [5, 5.41) is 8.55. The van der Waals surface area contributed by atoms with Gasteiger partial charge in [-0.05, 0) is 46.7 Å². The van der Waals surface area contributed by atoms with Gasteiger partial charge in [0.05, 0.1) is 5.75 Å². The van der Waals surface area contributed by atoms with Gasteiger partial charge in [-0.3, -0.25) is 0 Å². The molecular formula is C11H26N2O3S. The molecule has 6 heteroatoms. The summed E-state index contributed by atoms with van der Waals surface area (Å²) < 4.78 is 25.3. The molecule has 0 aliphatic rings. The van der Waals surface area contributed by atoms with E-state index in [1.165, 1.54) is 0 Å². The number of hydrogen-bond donors (Lipinski definition) is 2. The largest absolute Gasteiger partial charge is 0.396 e. The van der Waals surface area contributed by atoms with Crippen molar-refractivity contribution in [1.29, 1.82) is 0 Å². The standard InChI is InChI=1S/C11H26N2O3S/c1-11(2)13(3)8-5-4-7-12-17(15,16)10-6-9-14/h11-12,14H,4-10H2,1-3H3. The van der Waals surface area contributed by atoms with E-state index in [2.05, 4.69) is 30.5 Å². The molecule has 0 atom stereocenters. The molecule has 5 nitrogen and oxygen atoms in total. The molecule has 0 heterocycles. The summed E-state index contributed by atoms with van der Waals surface area (Å²) in [6.45, 7) is 5.66. The summed E-state index contributed by atoms with van der Waals surface area (Å²) in [6.07, 6.45) is 2.12. The van der Waals surface area contributed by atoms with Crippen LogP contribution in [0.3, 0.4) is 0 Å². The van der Waals surface area contributed by atoms with Crippen molar-refractivity contribution < 1.29 is 13.5 Å². The molecule has 0 rings (SSSR count). The Hall–Kier alpha value is -0.170. The molecule has 0 unspecified atom stereocenters. The van der Waals surface area contributed by atoms with E-state index in [1.54, 1.807) is 0 Å². The Morgan fingerprint density at radius 1 is 1.24 bits per heavy atom. The first-order valence-electron chi connectivity index (χ1n) is 6.17. The van der Waals surface area contributed by atoms with Crippen molar-refractivity contribution in [3.05, 3.63) is 0 Å². The molecule has 0 aromatic rings. The lowest BCUT2D eigenvalue weighted by Crippen LogP contribution is -2.30. The zero-order valence-electron chi connectivity index (χ0n) is 11.1. The van der Waals surface area contributed by atoms with Gasteiger partial charge in [-0.25, -0.2) is 13.1 Å². The van der Waals surface area contributed by atoms with Crippen molar-refractivity contribution in [3.63, 3.8) is 0 Å². The number of unbranched alkanes of at least 4 members (excludes halogenated alkanes) is 1. The van der Waals surface area contributed by atoms with E-state index in [-0.39, 0.29) is 12.4 Å². The maximum atomic E-state index is 11.4. The average molecular weight is 266 g/mol. The van der Waals surface area contributed by atoms with Crippen LogP contribution < -0.4 is 4.72 Å². The summed E-state index contributed by atoms with van der Waals surface area (Å²) >= 11 is 0. The van der Waals surface area contributed by atoms with Crippen LogP contribution in [0.15, 0.2) is 0 Å². The minimum atomic E-state index is -3.18. The minimum Gasteiger partial charge on any atom is -0.396 e. The van der Waals surface area contributed by atoms with Crippen LogP contribution >= 0.6 is 0 Å². The zero-order chi connectivity index (χ0) is 13.3. The monoisotopic (exact) mass is 266 g/mol. The lowest BCUT2D eigenvalue weighted by molar-refractivity contribution is 0.268. The van der Waals surface area contributed by atoms with E-state index < -0.39 is 10.0 Å². The Morgan fingerprint density at radius 3 is 2.41 bits per heavy atom. The van der Waals surface area contributed by atoms with Crippen molar-refractivity contribution in [2.45, 2.75) is 39.2 Å². The molecule has 0 radical (unpaired) electrons. The van der Waals surface area contributed by atoms with Crippen molar-refractivity contribution in [2.75, 3.05) is 32.5 Å². The summed E-state index contributed by atoms with van der Waals surface area (Å²) in [4.78, 5) is 2.24. The molecule has 0 aromatic heterocycles. The van der Waals surface area contributed by atoms with Crippen molar-refractivity contribution in [2.24, 2.45) is 0 Å². The third kappa shape index (κ3) is 9.52. The van der Waals surface area contributed by atoms with Gasteiger partial charge in [-0.1, -0.05) is 0 Å². The lowest BCUT2D eigenvalue weighted by Gasteiger charge is -2.20. The maximum absolute atomic E-state index is 11.4. The molecule has 17 heavy (non-hydrogen) atoms. The molecule has 0 aliphatic heterocycles. The Labute approximate surface area is 105 Å². The van der Waals surface area contributed by atoms with E-state index in [9.17, 15) is 8.42 Å². The normalized spacial score (nSPS) is 12.6. The lowest BCUT2D eigenvalue weighted by atomic mass is 10.2. The topological polar surface area (TPSA) is 69.6 Å². The van der Waals surface area contributed by atoms with E-state index in [0.717, 1.165) is 19.4 Å². The van der Waals surface area contributed by atoms with Crippen molar-refractivity contribution in [1.82, 2.24) is 9.62 Å². The van der Waals surface area contributed by atoms with Gasteiger partial charge in [-0.15, -0.1) is 0 Å². The van der Waals surface area contributed by atoms with Gasteiger partial charge in [0.25, 0.3) is 0 Å². The minimum absolute atomic E-state index is 0.00932. The second-order valence-corrected chi connectivity index (χ2v) is 6.50. The van der Waals surface area contributed by atoms with Crippen LogP contribution in [0.1, 0.15) is 33.1 Å². The molecule has 0 saturated heterocycles. The van der Waals surface area contributed by atoms with Crippen LogP contribution in [-0.2, 0) is 10.0 Å². The quantitative estimate of drug-likeness (QED) is 0.562. The van der Waals surface area contributed by atoms with Crippen LogP contribution in [0.2, 0.25) is 0 Å². The maximum Gasteiger partial charge on any atom is 0.211 e. The molecule has 0 fully saturated rings. The summed E-state index contributed by atoms with van der Waals surface area (Å²) in [7, 11) is -1.12. The van der Waals surface area contributed by atoms with Gasteiger partial charge in [0.2, 0.25) is 10.0 Å². The number of aliphatic hydroxyl groups is 1. The number of nitrogens with zero attached hydrogens (tertiary/aromatic N) is 1. The second kappa shape index (κ2) is 8.85. The van der Waals surface area contributed by atoms with Crippen molar-refractivity contribution >= 4 is 10.0 Å². The van der Waals surface area contributed by atoms with Crippen LogP contribution in [0, 0.1) is 0 Å². The highest BCUT2D eigenvalue weighted by Gasteiger charge is 2.08. The molecule has 104 valence electrons. The van der Waals surface area contributed by atoms with Gasteiger partial charge in [0, 0.05) is 19.2 Å². The highest BCUT2D eigenvalue weighted by Crippen LogP contribution is 1.98. The fourth-order valence-electron chi connectivity index (χ4n) is 1.30. The number of aliphatic hydroxyl groups excluding tert-OH is 1. The van der Waals surface area contributed by atoms with Crippen LogP contribution in [0.4, 0.5) is 0 Å². The van der Waals surface area contributed by atoms with Crippen LogP contribution in [0.5, 0.6) is 0 Å². The molecule has 0 spiro atoms. The number of hydrogen-bond acceptors (Lipinski definition) is 4. The third-order valence-electron chi connectivity index (χ3n) is 2.71. The molecular weight excluding hydrogens is 240 g/mol. The zero-order valence-corrected chi connectivity index (χ0v) is 12.0. The van der Waals surface area contributed by atoms with Gasteiger partial charge < -0.3 is 10.0 Å². The number of sulfonamides is 1. The molecule has 0 aromatic carbocycles. The fraction of sp³-hybridized carbons (Fsp3) is 1.00. The molecule has 0 aliphatic carbocycles. The van der Waals surface area contributed by atoms with Crippen molar-refractivity contribution in [3.8, 4) is 0 Å². The molecule has 0 amide bonds. The van der Waals surface area contributed by atoms with Gasteiger partial charge in [0.1, 0.15) is 0 Å². The highest BCUT2D eigenvalue weighted by molar-refractivity contribution is 7.89. The van der Waals surface area contributed by atoms with Gasteiger partial charge >= 0.3 is 0 Å². The number of rotatable bonds is 10. The first kappa shape index (κ1) is 16.8. The Morgan fingerprint density at radius 2 is 1.88 bits per heavy atom. The summed E-state index contributed by atoms with van der Waals surface area (Å²) in [6, 6.07) is 0.524. The highest BCUT2D eigenvalue weighted by atomic mass is 32.2. The predicted octanol–water partition coefficient (Wildman–Crippen LogP) is 0.409. The average Bonchev–Trinajstić information content (AvgIpc) is 2.25.